The predicted molar refractivity (Wildman–Crippen MR) is 75.5 cm³/mol. The smallest absolute Gasteiger partial charge is 0.270 e. The Kier molecular flexibility index (Phi) is 3.84. The van der Waals surface area contributed by atoms with E-state index in [-0.39, 0.29) is 11.6 Å². The van der Waals surface area contributed by atoms with Gasteiger partial charge in [0.1, 0.15) is 0 Å². The zero-order valence-corrected chi connectivity index (χ0v) is 12.1. The lowest BCUT2D eigenvalue weighted by Crippen LogP contribution is -2.33. The van der Waals surface area contributed by atoms with Gasteiger partial charge in [-0.15, -0.1) is 0 Å². The van der Waals surface area contributed by atoms with Gasteiger partial charge in [-0.1, -0.05) is 0 Å². The molecule has 0 aliphatic heterocycles. The third-order valence-electron chi connectivity index (χ3n) is 2.98. The molecule has 0 bridgehead atoms. The van der Waals surface area contributed by atoms with Gasteiger partial charge in [-0.25, -0.2) is 0 Å². The van der Waals surface area contributed by atoms with Crippen LogP contribution in [0.3, 0.4) is 0 Å². The third kappa shape index (κ3) is 2.63. The number of nitro benzene ring substituents is 1. The van der Waals surface area contributed by atoms with E-state index < -0.39 is 4.92 Å². The van der Waals surface area contributed by atoms with Crippen LogP contribution in [0.4, 0.5) is 5.69 Å². The Labute approximate surface area is 118 Å². The molecule has 0 N–H and O–H groups in total. The topological polar surface area (TPSA) is 63.5 Å². The van der Waals surface area contributed by atoms with E-state index in [0.29, 0.717) is 18.2 Å². The minimum Gasteiger partial charge on any atom is -0.336 e. The number of amides is 1. The van der Waals surface area contributed by atoms with E-state index >= 15 is 0 Å². The van der Waals surface area contributed by atoms with Crippen molar-refractivity contribution >= 4 is 34.2 Å². The first-order valence-corrected chi connectivity index (χ1v) is 6.87. The van der Waals surface area contributed by atoms with Gasteiger partial charge in [-0.05, 0) is 48.4 Å². The van der Waals surface area contributed by atoms with Crippen LogP contribution in [-0.4, -0.2) is 28.3 Å². The molecule has 0 radical (unpaired) electrons. The summed E-state index contributed by atoms with van der Waals surface area (Å²) < 4.78 is 0.752. The van der Waals surface area contributed by atoms with Crippen LogP contribution in [0.1, 0.15) is 30.1 Å². The number of benzene rings is 1. The molecule has 1 aromatic carbocycles. The van der Waals surface area contributed by atoms with E-state index in [4.69, 9.17) is 0 Å². The molecular formula is C12H13IN2O3. The van der Waals surface area contributed by atoms with Gasteiger partial charge in [-0.3, -0.25) is 14.9 Å². The summed E-state index contributed by atoms with van der Waals surface area (Å²) in [5, 5.41) is 10.8. The highest BCUT2D eigenvalue weighted by molar-refractivity contribution is 14.1. The molecule has 0 saturated heterocycles. The number of hydrogen-bond acceptors (Lipinski definition) is 3. The van der Waals surface area contributed by atoms with Gasteiger partial charge < -0.3 is 4.90 Å². The van der Waals surface area contributed by atoms with Gasteiger partial charge in [0, 0.05) is 28.3 Å². The lowest BCUT2D eigenvalue weighted by atomic mass is 10.1. The monoisotopic (exact) mass is 360 g/mol. The van der Waals surface area contributed by atoms with Crippen molar-refractivity contribution in [2.45, 2.75) is 25.8 Å². The zero-order valence-electron chi connectivity index (χ0n) is 9.93. The average Bonchev–Trinajstić information content (AvgIpc) is 3.14. The molecule has 2 rings (SSSR count). The Morgan fingerprint density at radius 3 is 2.72 bits per heavy atom. The number of nitrogens with zero attached hydrogens (tertiary/aromatic N) is 2. The Hall–Kier alpha value is -1.18. The fourth-order valence-corrected chi connectivity index (χ4v) is 2.47. The second kappa shape index (κ2) is 5.21. The van der Waals surface area contributed by atoms with Crippen molar-refractivity contribution < 1.29 is 9.72 Å². The molecule has 5 nitrogen and oxygen atoms in total. The van der Waals surface area contributed by atoms with E-state index in [9.17, 15) is 14.9 Å². The molecule has 1 aliphatic rings. The maximum Gasteiger partial charge on any atom is 0.270 e. The average molecular weight is 360 g/mol. The first-order chi connectivity index (χ1) is 8.54. The van der Waals surface area contributed by atoms with Crippen molar-refractivity contribution in [2.75, 3.05) is 6.54 Å². The summed E-state index contributed by atoms with van der Waals surface area (Å²) in [6, 6.07) is 4.73. The molecule has 1 saturated carbocycles. The number of rotatable bonds is 4. The van der Waals surface area contributed by atoms with Gasteiger partial charge in [0.2, 0.25) is 0 Å². The van der Waals surface area contributed by atoms with Crippen LogP contribution in [0.5, 0.6) is 0 Å². The van der Waals surface area contributed by atoms with Crippen LogP contribution in [0.15, 0.2) is 18.2 Å². The molecule has 96 valence electrons. The second-order valence-electron chi connectivity index (χ2n) is 4.24. The predicted octanol–water partition coefficient (Wildman–Crippen LogP) is 2.82. The number of carbonyl (C=O) groups is 1. The summed E-state index contributed by atoms with van der Waals surface area (Å²) in [5.74, 6) is -0.104. The third-order valence-corrected chi connectivity index (χ3v) is 3.92. The standard InChI is InChI=1S/C12H13IN2O3/c1-2-14(8-3-4-8)12(16)10-7-9(15(17)18)5-6-11(10)13/h5-8H,2-4H2,1H3. The summed E-state index contributed by atoms with van der Waals surface area (Å²) in [5.41, 5.74) is 0.393. The minimum absolute atomic E-state index is 0.0365. The molecule has 1 aromatic rings. The van der Waals surface area contributed by atoms with Crippen molar-refractivity contribution in [1.29, 1.82) is 0 Å². The van der Waals surface area contributed by atoms with Gasteiger partial charge >= 0.3 is 0 Å². The van der Waals surface area contributed by atoms with Crippen molar-refractivity contribution in [2.24, 2.45) is 0 Å². The SMILES string of the molecule is CCN(C(=O)c1cc([N+](=O)[O-])ccc1I)C1CC1. The summed E-state index contributed by atoms with van der Waals surface area (Å²) in [7, 11) is 0. The molecule has 0 spiro atoms. The fraction of sp³-hybridized carbons (Fsp3) is 0.417. The zero-order chi connectivity index (χ0) is 13.3. The van der Waals surface area contributed by atoms with Crippen LogP contribution in [-0.2, 0) is 0 Å². The highest BCUT2D eigenvalue weighted by atomic mass is 127. The van der Waals surface area contributed by atoms with Crippen LogP contribution in [0, 0.1) is 13.7 Å². The van der Waals surface area contributed by atoms with Gasteiger partial charge in [0.15, 0.2) is 0 Å². The first-order valence-electron chi connectivity index (χ1n) is 5.79. The fourth-order valence-electron chi connectivity index (χ4n) is 1.90. The maximum atomic E-state index is 12.4. The van der Waals surface area contributed by atoms with E-state index in [1.807, 2.05) is 29.5 Å². The quantitative estimate of drug-likeness (QED) is 0.471. The molecule has 1 aliphatic carbocycles. The van der Waals surface area contributed by atoms with Crippen molar-refractivity contribution in [1.82, 2.24) is 4.90 Å². The van der Waals surface area contributed by atoms with E-state index in [2.05, 4.69) is 0 Å². The minimum atomic E-state index is -0.472. The molecule has 6 heteroatoms. The highest BCUT2D eigenvalue weighted by Crippen LogP contribution is 2.29. The first kappa shape index (κ1) is 13.3. The van der Waals surface area contributed by atoms with Gasteiger partial charge in [0.25, 0.3) is 11.6 Å². The molecule has 0 unspecified atom stereocenters. The number of halogens is 1. The van der Waals surface area contributed by atoms with E-state index in [1.165, 1.54) is 12.1 Å². The number of non-ortho nitro benzene ring substituents is 1. The molecule has 18 heavy (non-hydrogen) atoms. The largest absolute Gasteiger partial charge is 0.336 e. The van der Waals surface area contributed by atoms with Crippen molar-refractivity contribution in [3.05, 3.63) is 37.4 Å². The van der Waals surface area contributed by atoms with Crippen molar-refractivity contribution in [3.63, 3.8) is 0 Å². The van der Waals surface area contributed by atoms with Gasteiger partial charge in [0.05, 0.1) is 10.5 Å². The summed E-state index contributed by atoms with van der Waals surface area (Å²) in [6.07, 6.45) is 2.07. The van der Waals surface area contributed by atoms with Crippen LogP contribution >= 0.6 is 22.6 Å². The maximum absolute atomic E-state index is 12.4. The van der Waals surface area contributed by atoms with Crippen LogP contribution in [0.2, 0.25) is 0 Å². The molecule has 1 amide bonds. The normalized spacial score (nSPS) is 14.3. The summed E-state index contributed by atoms with van der Waals surface area (Å²) in [6.45, 7) is 2.57. The molecule has 1 fully saturated rings. The van der Waals surface area contributed by atoms with Crippen LogP contribution in [0.25, 0.3) is 0 Å². The summed E-state index contributed by atoms with van der Waals surface area (Å²) in [4.78, 5) is 24.4. The van der Waals surface area contributed by atoms with E-state index in [1.54, 1.807) is 11.0 Å². The summed E-state index contributed by atoms with van der Waals surface area (Å²) >= 11 is 2.04. The second-order valence-corrected chi connectivity index (χ2v) is 5.41. The number of hydrogen-bond donors (Lipinski definition) is 0. The van der Waals surface area contributed by atoms with Crippen LogP contribution < -0.4 is 0 Å². The highest BCUT2D eigenvalue weighted by Gasteiger charge is 2.33. The van der Waals surface area contributed by atoms with Gasteiger partial charge in [-0.2, -0.15) is 0 Å². The molecular weight excluding hydrogens is 347 g/mol. The number of nitro groups is 1. The Morgan fingerprint density at radius 2 is 2.22 bits per heavy atom. The molecule has 0 aromatic heterocycles. The Bertz CT molecular complexity index is 500. The van der Waals surface area contributed by atoms with E-state index in [0.717, 1.165) is 16.4 Å². The molecule has 0 heterocycles. The lowest BCUT2D eigenvalue weighted by molar-refractivity contribution is -0.384. The number of carbonyl (C=O) groups excluding carboxylic acids is 1. The Morgan fingerprint density at radius 1 is 1.56 bits per heavy atom. The lowest BCUT2D eigenvalue weighted by Gasteiger charge is -2.20. The molecule has 0 atom stereocenters. The Balaban J connectivity index is 2.33. The van der Waals surface area contributed by atoms with Crippen molar-refractivity contribution in [3.8, 4) is 0 Å².